The minimum Gasteiger partial charge on any atom is -0.248 e. The molecule has 0 saturated carbocycles. The highest BCUT2D eigenvalue weighted by Gasteiger charge is 2.22. The van der Waals surface area contributed by atoms with Crippen LogP contribution in [0.25, 0.3) is 11.1 Å². The molecule has 31 heavy (non-hydrogen) atoms. The number of benzene rings is 2. The predicted molar refractivity (Wildman–Crippen MR) is 128 cm³/mol. The van der Waals surface area contributed by atoms with E-state index in [1.807, 2.05) is 19.1 Å². The SMILES string of the molecule is CCCc1ccc(-c2ccc(CCC3CC[SiH](CCCC(C)F)CC3)cc2)c(F)c1F. The Morgan fingerprint density at radius 3 is 2.32 bits per heavy atom. The number of aryl methyl sites for hydroxylation is 2. The average Bonchev–Trinajstić information content (AvgIpc) is 2.77. The molecule has 1 unspecified atom stereocenters. The number of rotatable bonds is 10. The summed E-state index contributed by atoms with van der Waals surface area (Å²) in [6.07, 6.45) is 7.46. The van der Waals surface area contributed by atoms with Gasteiger partial charge in [-0.2, -0.15) is 0 Å². The third kappa shape index (κ3) is 6.97. The number of halogens is 3. The summed E-state index contributed by atoms with van der Waals surface area (Å²) in [5, 5.41) is 0. The quantitative estimate of drug-likeness (QED) is 0.322. The lowest BCUT2D eigenvalue weighted by molar-refractivity contribution is 0.338. The Balaban J connectivity index is 1.48. The molecule has 0 nitrogen and oxygen atoms in total. The first-order valence-electron chi connectivity index (χ1n) is 12.2. The lowest BCUT2D eigenvalue weighted by atomic mass is 9.93. The third-order valence-electron chi connectivity index (χ3n) is 6.97. The van der Waals surface area contributed by atoms with Crippen molar-refractivity contribution >= 4 is 8.80 Å². The van der Waals surface area contributed by atoms with Gasteiger partial charge in [-0.3, -0.25) is 0 Å². The lowest BCUT2D eigenvalue weighted by Crippen LogP contribution is -2.21. The smallest absolute Gasteiger partial charge is 0.166 e. The van der Waals surface area contributed by atoms with Gasteiger partial charge in [0.15, 0.2) is 11.6 Å². The van der Waals surface area contributed by atoms with Crippen molar-refractivity contribution in [2.75, 3.05) is 0 Å². The molecular formula is C27H37F3Si. The molecule has 1 heterocycles. The van der Waals surface area contributed by atoms with E-state index in [-0.39, 0.29) is 0 Å². The second kappa shape index (κ2) is 11.9. The summed E-state index contributed by atoms with van der Waals surface area (Å²) >= 11 is 0. The van der Waals surface area contributed by atoms with E-state index >= 15 is 0 Å². The second-order valence-electron chi connectivity index (χ2n) is 9.48. The monoisotopic (exact) mass is 446 g/mol. The first-order valence-corrected chi connectivity index (χ1v) is 14.6. The first kappa shape index (κ1) is 24.1. The molecular weight excluding hydrogens is 409 g/mol. The number of hydrogen-bond acceptors (Lipinski definition) is 0. The van der Waals surface area contributed by atoms with Crippen LogP contribution >= 0.6 is 0 Å². The van der Waals surface area contributed by atoms with Crippen LogP contribution in [0.5, 0.6) is 0 Å². The van der Waals surface area contributed by atoms with Gasteiger partial charge in [0.25, 0.3) is 0 Å². The van der Waals surface area contributed by atoms with Gasteiger partial charge in [-0.1, -0.05) is 87.1 Å². The fourth-order valence-corrected chi connectivity index (χ4v) is 8.56. The van der Waals surface area contributed by atoms with Crippen LogP contribution in [-0.2, 0) is 12.8 Å². The lowest BCUT2D eigenvalue weighted by Gasteiger charge is -2.27. The van der Waals surface area contributed by atoms with E-state index in [0.29, 0.717) is 17.5 Å². The van der Waals surface area contributed by atoms with Crippen LogP contribution < -0.4 is 0 Å². The van der Waals surface area contributed by atoms with Gasteiger partial charge >= 0.3 is 0 Å². The van der Waals surface area contributed by atoms with Crippen molar-refractivity contribution in [3.63, 3.8) is 0 Å². The summed E-state index contributed by atoms with van der Waals surface area (Å²) in [6.45, 7) is 3.63. The summed E-state index contributed by atoms with van der Waals surface area (Å²) in [7, 11) is -0.615. The van der Waals surface area contributed by atoms with E-state index in [1.54, 1.807) is 19.1 Å². The molecule has 1 fully saturated rings. The van der Waals surface area contributed by atoms with E-state index in [0.717, 1.165) is 37.2 Å². The molecule has 2 aromatic rings. The molecule has 0 bridgehead atoms. The van der Waals surface area contributed by atoms with Crippen LogP contribution in [0.2, 0.25) is 18.1 Å². The molecule has 1 atom stereocenters. The maximum Gasteiger partial charge on any atom is 0.166 e. The highest BCUT2D eigenvalue weighted by molar-refractivity contribution is 6.58. The number of alkyl halides is 1. The van der Waals surface area contributed by atoms with Crippen molar-refractivity contribution in [1.82, 2.24) is 0 Å². The Bertz CT molecular complexity index is 808. The Hall–Kier alpha value is -1.55. The van der Waals surface area contributed by atoms with E-state index in [2.05, 4.69) is 12.1 Å². The fourth-order valence-electron chi connectivity index (χ4n) is 4.99. The largest absolute Gasteiger partial charge is 0.248 e. The van der Waals surface area contributed by atoms with E-state index < -0.39 is 26.6 Å². The van der Waals surface area contributed by atoms with Gasteiger partial charge in [0.2, 0.25) is 0 Å². The van der Waals surface area contributed by atoms with Gasteiger partial charge in [0, 0.05) is 14.4 Å². The summed E-state index contributed by atoms with van der Waals surface area (Å²) in [5.41, 5.74) is 2.80. The highest BCUT2D eigenvalue weighted by atomic mass is 28.3. The molecule has 0 radical (unpaired) electrons. The third-order valence-corrected chi connectivity index (χ3v) is 10.5. The Labute approximate surface area is 187 Å². The van der Waals surface area contributed by atoms with Crippen molar-refractivity contribution in [2.24, 2.45) is 5.92 Å². The Kier molecular flexibility index (Phi) is 9.25. The molecule has 4 heteroatoms. The zero-order chi connectivity index (χ0) is 22.2. The Morgan fingerprint density at radius 1 is 0.968 bits per heavy atom. The standard InChI is InChI=1S/C27H37F3Si/c1-3-5-24-13-14-25(27(30)26(24)29)23-11-9-21(10-12-23)7-8-22-15-18-31(19-16-22)17-4-6-20(2)28/h9-14,20,22,31H,3-8,15-19H2,1-2H3. The van der Waals surface area contributed by atoms with Crippen LogP contribution in [0, 0.1) is 17.6 Å². The molecule has 1 aliphatic heterocycles. The molecule has 2 aromatic carbocycles. The van der Waals surface area contributed by atoms with E-state index in [4.69, 9.17) is 0 Å². The Morgan fingerprint density at radius 2 is 1.68 bits per heavy atom. The van der Waals surface area contributed by atoms with Crippen LogP contribution in [0.1, 0.15) is 63.5 Å². The van der Waals surface area contributed by atoms with E-state index in [9.17, 15) is 13.2 Å². The summed E-state index contributed by atoms with van der Waals surface area (Å²) in [5.74, 6) is -0.636. The zero-order valence-electron chi connectivity index (χ0n) is 19.1. The molecule has 1 saturated heterocycles. The molecule has 0 spiro atoms. The molecule has 0 aromatic heterocycles. The van der Waals surface area contributed by atoms with Gasteiger partial charge in [0.05, 0.1) is 6.17 Å². The first-order chi connectivity index (χ1) is 15.0. The van der Waals surface area contributed by atoms with Crippen LogP contribution in [0.3, 0.4) is 0 Å². The molecule has 0 aliphatic carbocycles. The predicted octanol–water partition coefficient (Wildman–Crippen LogP) is 8.29. The number of hydrogen-bond donors (Lipinski definition) is 0. The van der Waals surface area contributed by atoms with Gasteiger partial charge in [-0.15, -0.1) is 0 Å². The van der Waals surface area contributed by atoms with Gasteiger partial charge in [0.1, 0.15) is 0 Å². The van der Waals surface area contributed by atoms with Gasteiger partial charge in [-0.25, -0.2) is 13.2 Å². The molecule has 0 amide bonds. The van der Waals surface area contributed by atoms with Crippen LogP contribution in [0.4, 0.5) is 13.2 Å². The maximum atomic E-state index is 14.5. The average molecular weight is 447 g/mol. The highest BCUT2D eigenvalue weighted by Crippen LogP contribution is 2.32. The molecule has 1 aliphatic rings. The summed E-state index contributed by atoms with van der Waals surface area (Å²) in [4.78, 5) is 0. The van der Waals surface area contributed by atoms with Crippen molar-refractivity contribution in [2.45, 2.75) is 89.5 Å². The van der Waals surface area contributed by atoms with Crippen molar-refractivity contribution in [3.8, 4) is 11.1 Å². The zero-order valence-corrected chi connectivity index (χ0v) is 20.3. The molecule has 0 N–H and O–H groups in total. The summed E-state index contributed by atoms with van der Waals surface area (Å²) < 4.78 is 41.8. The minimum absolute atomic E-state index is 0.342. The van der Waals surface area contributed by atoms with Crippen molar-refractivity contribution in [3.05, 3.63) is 59.2 Å². The summed E-state index contributed by atoms with van der Waals surface area (Å²) in [6, 6.07) is 15.5. The normalized spacial score (nSPS) is 20.0. The minimum atomic E-state index is -0.736. The van der Waals surface area contributed by atoms with Gasteiger partial charge in [-0.05, 0) is 55.2 Å². The van der Waals surface area contributed by atoms with Gasteiger partial charge < -0.3 is 0 Å². The van der Waals surface area contributed by atoms with Crippen molar-refractivity contribution in [1.29, 1.82) is 0 Å². The maximum absolute atomic E-state index is 14.5. The fraction of sp³-hybridized carbons (Fsp3) is 0.556. The van der Waals surface area contributed by atoms with E-state index in [1.165, 1.54) is 43.0 Å². The van der Waals surface area contributed by atoms with Crippen molar-refractivity contribution < 1.29 is 13.2 Å². The second-order valence-corrected chi connectivity index (χ2v) is 12.9. The van der Waals surface area contributed by atoms with Crippen LogP contribution in [-0.4, -0.2) is 15.0 Å². The van der Waals surface area contributed by atoms with Crippen LogP contribution in [0.15, 0.2) is 36.4 Å². The molecule has 170 valence electrons. The topological polar surface area (TPSA) is 0 Å². The molecule has 3 rings (SSSR count).